The lowest BCUT2D eigenvalue weighted by molar-refractivity contribution is -0.115. The molecular formula is C24H21ClN4O4S. The first-order valence-corrected chi connectivity index (χ1v) is 11.5. The Morgan fingerprint density at radius 3 is 2.53 bits per heavy atom. The van der Waals surface area contributed by atoms with E-state index in [0.29, 0.717) is 28.0 Å². The summed E-state index contributed by atoms with van der Waals surface area (Å²) in [6.45, 7) is 3.06. The van der Waals surface area contributed by atoms with Crippen molar-refractivity contribution in [3.8, 4) is 11.4 Å². The summed E-state index contributed by atoms with van der Waals surface area (Å²) < 4.78 is 12.3. The van der Waals surface area contributed by atoms with Gasteiger partial charge in [0.1, 0.15) is 23.1 Å². The van der Waals surface area contributed by atoms with Crippen molar-refractivity contribution < 1.29 is 19.1 Å². The van der Waals surface area contributed by atoms with E-state index in [4.69, 9.17) is 21.1 Å². The third-order valence-corrected chi connectivity index (χ3v) is 6.16. The van der Waals surface area contributed by atoms with Crippen molar-refractivity contribution in [3.63, 3.8) is 0 Å². The molecule has 4 rings (SSSR count). The van der Waals surface area contributed by atoms with E-state index in [9.17, 15) is 9.59 Å². The van der Waals surface area contributed by atoms with Crippen LogP contribution in [0, 0.1) is 6.92 Å². The summed E-state index contributed by atoms with van der Waals surface area (Å²) in [4.78, 5) is 31.1. The zero-order valence-corrected chi connectivity index (χ0v) is 20.3. The zero-order chi connectivity index (χ0) is 24.2. The molecule has 10 heteroatoms. The molecule has 8 nitrogen and oxygen atoms in total. The molecule has 0 fully saturated rings. The van der Waals surface area contributed by atoms with E-state index >= 15 is 0 Å². The molecule has 2 aromatic heterocycles. The van der Waals surface area contributed by atoms with E-state index in [2.05, 4.69) is 10.1 Å². The van der Waals surface area contributed by atoms with Gasteiger partial charge >= 0.3 is 5.97 Å². The van der Waals surface area contributed by atoms with Gasteiger partial charge in [0.25, 0.3) is 0 Å². The van der Waals surface area contributed by atoms with Gasteiger partial charge in [-0.05, 0) is 31.2 Å². The van der Waals surface area contributed by atoms with Gasteiger partial charge in [-0.1, -0.05) is 41.9 Å². The number of nitrogens with zero attached hydrogens (tertiary/aromatic N) is 4. The Morgan fingerprint density at radius 2 is 1.82 bits per heavy atom. The number of ether oxygens (including phenoxy) is 2. The van der Waals surface area contributed by atoms with Crippen LogP contribution < -0.4 is 9.64 Å². The number of amides is 1. The van der Waals surface area contributed by atoms with E-state index < -0.39 is 5.97 Å². The Balaban J connectivity index is 1.52. The molecule has 0 aliphatic carbocycles. The van der Waals surface area contributed by atoms with Crippen molar-refractivity contribution >= 4 is 45.6 Å². The minimum atomic E-state index is -0.604. The largest absolute Gasteiger partial charge is 0.495 e. The van der Waals surface area contributed by atoms with Gasteiger partial charge in [-0.25, -0.2) is 14.5 Å². The maximum absolute atomic E-state index is 12.8. The lowest BCUT2D eigenvalue weighted by Crippen LogP contribution is -2.23. The summed E-state index contributed by atoms with van der Waals surface area (Å²) >= 11 is 7.71. The lowest BCUT2D eigenvalue weighted by Gasteiger charge is -2.20. The number of para-hydroxylation sites is 3. The van der Waals surface area contributed by atoms with E-state index in [1.165, 1.54) is 35.0 Å². The molecule has 0 aliphatic rings. The molecule has 1 amide bonds. The quantitative estimate of drug-likeness (QED) is 0.321. The van der Waals surface area contributed by atoms with E-state index in [1.807, 2.05) is 42.5 Å². The molecule has 2 aromatic carbocycles. The summed E-state index contributed by atoms with van der Waals surface area (Å²) in [6, 6.07) is 16.4. The number of anilines is 2. The van der Waals surface area contributed by atoms with Crippen LogP contribution in [0.1, 0.15) is 28.7 Å². The maximum Gasteiger partial charge on any atom is 0.343 e. The highest BCUT2D eigenvalue weighted by Gasteiger charge is 2.24. The van der Waals surface area contributed by atoms with Gasteiger partial charge in [-0.2, -0.15) is 5.10 Å². The van der Waals surface area contributed by atoms with Gasteiger partial charge in [-0.3, -0.25) is 9.69 Å². The van der Waals surface area contributed by atoms with Crippen molar-refractivity contribution in [3.05, 3.63) is 82.1 Å². The highest BCUT2D eigenvalue weighted by atomic mass is 35.5. The minimum Gasteiger partial charge on any atom is -0.495 e. The molecule has 0 N–H and O–H groups in total. The monoisotopic (exact) mass is 496 g/mol. The van der Waals surface area contributed by atoms with Gasteiger partial charge in [0.05, 0.1) is 29.9 Å². The molecule has 4 aromatic rings. The SMILES string of the molecule is COc1ccccc1N(C(C)=O)c1nc(COC(=O)c2c(C)nn(-c3ccccc3)c2Cl)cs1. The van der Waals surface area contributed by atoms with Crippen LogP contribution in [0.5, 0.6) is 5.75 Å². The number of thiazole rings is 1. The third-order valence-electron chi connectivity index (χ3n) is 4.93. The Bertz CT molecular complexity index is 1340. The molecule has 0 saturated heterocycles. The summed E-state index contributed by atoms with van der Waals surface area (Å²) in [5.41, 5.74) is 2.46. The smallest absolute Gasteiger partial charge is 0.343 e. The number of halogens is 1. The molecule has 0 unspecified atom stereocenters. The Labute approximate surface area is 205 Å². The van der Waals surface area contributed by atoms with E-state index in [0.717, 1.165) is 5.69 Å². The fourth-order valence-corrected chi connectivity index (χ4v) is 4.58. The normalized spacial score (nSPS) is 10.7. The topological polar surface area (TPSA) is 86.5 Å². The summed E-state index contributed by atoms with van der Waals surface area (Å²) in [7, 11) is 1.54. The number of hydrogen-bond acceptors (Lipinski definition) is 7. The molecular weight excluding hydrogens is 476 g/mol. The molecule has 0 atom stereocenters. The van der Waals surface area contributed by atoms with Crippen LogP contribution in [0.15, 0.2) is 60.0 Å². The van der Waals surface area contributed by atoms with Crippen molar-refractivity contribution in [1.82, 2.24) is 14.8 Å². The van der Waals surface area contributed by atoms with Crippen LogP contribution in [0.2, 0.25) is 5.15 Å². The third kappa shape index (κ3) is 4.66. The average Bonchev–Trinajstić information content (AvgIpc) is 3.42. The fourth-order valence-electron chi connectivity index (χ4n) is 3.37. The zero-order valence-electron chi connectivity index (χ0n) is 18.7. The van der Waals surface area contributed by atoms with Gasteiger partial charge in [-0.15, -0.1) is 11.3 Å². The molecule has 0 saturated carbocycles. The second-order valence-corrected chi connectivity index (χ2v) is 8.42. The van der Waals surface area contributed by atoms with E-state index in [-0.39, 0.29) is 23.2 Å². The van der Waals surface area contributed by atoms with Crippen LogP contribution in [-0.4, -0.2) is 33.8 Å². The molecule has 0 spiro atoms. The molecule has 0 radical (unpaired) electrons. The van der Waals surface area contributed by atoms with Crippen molar-refractivity contribution in [2.45, 2.75) is 20.5 Å². The van der Waals surface area contributed by atoms with Gasteiger partial charge in [0.15, 0.2) is 5.13 Å². The first-order chi connectivity index (χ1) is 16.4. The first kappa shape index (κ1) is 23.5. The number of esters is 1. The van der Waals surface area contributed by atoms with Crippen LogP contribution in [-0.2, 0) is 16.1 Å². The second kappa shape index (κ2) is 10.1. The minimum absolute atomic E-state index is 0.0840. The highest BCUT2D eigenvalue weighted by molar-refractivity contribution is 7.14. The van der Waals surface area contributed by atoms with Crippen LogP contribution in [0.4, 0.5) is 10.8 Å². The average molecular weight is 497 g/mol. The first-order valence-electron chi connectivity index (χ1n) is 10.3. The van der Waals surface area contributed by atoms with Crippen LogP contribution >= 0.6 is 22.9 Å². The van der Waals surface area contributed by atoms with Gasteiger partial charge in [0.2, 0.25) is 5.91 Å². The summed E-state index contributed by atoms with van der Waals surface area (Å²) in [6.07, 6.45) is 0. The molecule has 34 heavy (non-hydrogen) atoms. The number of aromatic nitrogens is 3. The number of hydrogen-bond donors (Lipinski definition) is 0. The number of carbonyl (C=O) groups is 2. The second-order valence-electron chi connectivity index (χ2n) is 7.22. The van der Waals surface area contributed by atoms with Gasteiger partial charge < -0.3 is 9.47 Å². The van der Waals surface area contributed by atoms with E-state index in [1.54, 1.807) is 24.4 Å². The number of aryl methyl sites for hydroxylation is 1. The van der Waals surface area contributed by atoms with Crippen LogP contribution in [0.25, 0.3) is 5.69 Å². The van der Waals surface area contributed by atoms with Crippen molar-refractivity contribution in [1.29, 1.82) is 0 Å². The number of methoxy groups -OCH3 is 1. The number of benzene rings is 2. The fraction of sp³-hybridized carbons (Fsp3) is 0.167. The van der Waals surface area contributed by atoms with Crippen molar-refractivity contribution in [2.24, 2.45) is 0 Å². The standard InChI is InChI=1S/C24H21ClN4O4S/c1-15-21(22(25)29(27-15)18-9-5-4-6-10-18)23(31)33-13-17-14-34-24(26-17)28(16(2)30)19-11-7-8-12-20(19)32-3/h4-12,14H,13H2,1-3H3. The summed E-state index contributed by atoms with van der Waals surface area (Å²) in [5.74, 6) is -0.285. The Kier molecular flexibility index (Phi) is 6.95. The summed E-state index contributed by atoms with van der Waals surface area (Å²) in [5, 5.41) is 6.71. The predicted molar refractivity (Wildman–Crippen MR) is 130 cm³/mol. The molecule has 174 valence electrons. The predicted octanol–water partition coefficient (Wildman–Crippen LogP) is 5.34. The molecule has 0 bridgehead atoms. The Morgan fingerprint density at radius 1 is 1.12 bits per heavy atom. The maximum atomic E-state index is 12.8. The lowest BCUT2D eigenvalue weighted by atomic mass is 10.2. The van der Waals surface area contributed by atoms with Crippen molar-refractivity contribution in [2.75, 3.05) is 12.0 Å². The highest BCUT2D eigenvalue weighted by Crippen LogP contribution is 2.35. The molecule has 2 heterocycles. The van der Waals surface area contributed by atoms with Gasteiger partial charge in [0, 0.05) is 12.3 Å². The molecule has 0 aliphatic heterocycles. The number of rotatable bonds is 7. The van der Waals surface area contributed by atoms with Crippen LogP contribution in [0.3, 0.4) is 0 Å². The Hall–Kier alpha value is -3.69. The number of carbonyl (C=O) groups excluding carboxylic acids is 2.